The van der Waals surface area contributed by atoms with Gasteiger partial charge in [-0.1, -0.05) is 16.9 Å². The molecule has 2 heterocycles. The minimum Gasteiger partial charge on any atom is -0.575 e. The maximum Gasteiger partial charge on any atom is 0.395 e. The number of esters is 1. The molecule has 0 aliphatic carbocycles. The summed E-state index contributed by atoms with van der Waals surface area (Å²) >= 11 is 0. The van der Waals surface area contributed by atoms with Crippen molar-refractivity contribution in [2.24, 2.45) is 4.74 Å². The summed E-state index contributed by atoms with van der Waals surface area (Å²) in [6.45, 7) is 1.55. The number of carboxylic acids is 1. The molecule has 1 aliphatic heterocycles. The monoisotopic (exact) mass is 557 g/mol. The highest BCUT2D eigenvalue weighted by Gasteiger charge is 2.55. The van der Waals surface area contributed by atoms with Crippen molar-refractivity contribution in [1.29, 1.82) is 0 Å². The summed E-state index contributed by atoms with van der Waals surface area (Å²) in [5.74, 6) is -2.06. The number of nitrogens with one attached hydrogen (secondary N) is 1. The molecule has 14 nitrogen and oxygen atoms in total. The van der Waals surface area contributed by atoms with Gasteiger partial charge in [0.1, 0.15) is 25.4 Å². The van der Waals surface area contributed by atoms with Gasteiger partial charge in [0.25, 0.3) is 5.56 Å². The van der Waals surface area contributed by atoms with Gasteiger partial charge in [-0.05, 0) is 26.0 Å². The first kappa shape index (κ1) is 28.9. The number of carbonyl (C=O) groups is 2. The van der Waals surface area contributed by atoms with Crippen LogP contribution in [0.25, 0.3) is 0 Å². The average Bonchev–Trinajstić information content (AvgIpc) is 3.06. The van der Waals surface area contributed by atoms with Gasteiger partial charge in [0.05, 0.1) is 6.42 Å². The summed E-state index contributed by atoms with van der Waals surface area (Å²) in [5.41, 5.74) is -4.04. The van der Waals surface area contributed by atoms with E-state index in [-0.39, 0.29) is 18.1 Å². The van der Waals surface area contributed by atoms with Crippen LogP contribution in [0.2, 0.25) is 0 Å². The predicted octanol–water partition coefficient (Wildman–Crippen LogP) is 0.243. The van der Waals surface area contributed by atoms with Gasteiger partial charge in [-0.3, -0.25) is 23.7 Å². The Balaban J connectivity index is 1.66. The Labute approximate surface area is 215 Å². The van der Waals surface area contributed by atoms with E-state index >= 15 is 4.39 Å². The standard InChI is InChI=1S/C22H25FN3O11P/c1-12(19(31)34-10-8-17(28)29)25-38(33)37-14-6-4-3-5-13(14)35-11-15-18(30)22(2,23)20(36-15)26-9-7-16(27)24-21(26)32/h3-7,9,12,15,18,20,30H,8,10-11H2,1-2H3,(H,28,29)(H,24,27,32)/t12-,15+,18+,20+,22+/m0/s1. The molecule has 1 aromatic heterocycles. The smallest absolute Gasteiger partial charge is 0.395 e. The predicted molar refractivity (Wildman–Crippen MR) is 125 cm³/mol. The molecule has 206 valence electrons. The van der Waals surface area contributed by atoms with Crippen LogP contribution < -0.4 is 25.4 Å². The fraction of sp³-hybridized carbons (Fsp3) is 0.455. The van der Waals surface area contributed by atoms with Crippen LogP contribution in [0.1, 0.15) is 26.5 Å². The third kappa shape index (κ3) is 7.01. The molecule has 0 radical (unpaired) electrons. The van der Waals surface area contributed by atoms with Gasteiger partial charge in [-0.25, -0.2) is 14.0 Å². The molecule has 1 unspecified atom stereocenters. The molecule has 1 fully saturated rings. The fourth-order valence-corrected chi connectivity index (χ4v) is 4.18. The third-order valence-electron chi connectivity index (χ3n) is 5.42. The van der Waals surface area contributed by atoms with Crippen molar-refractivity contribution < 1.29 is 47.8 Å². The number of ether oxygens (including phenoxy) is 3. The quantitative estimate of drug-likeness (QED) is 0.252. The highest BCUT2D eigenvalue weighted by molar-refractivity contribution is 7.34. The van der Waals surface area contributed by atoms with E-state index in [1.165, 1.54) is 25.1 Å². The molecule has 3 rings (SSSR count). The first-order valence-corrected chi connectivity index (χ1v) is 12.3. The van der Waals surface area contributed by atoms with E-state index in [0.717, 1.165) is 23.8 Å². The number of carboxylic acid groups (broad SMARTS) is 1. The van der Waals surface area contributed by atoms with Crippen molar-refractivity contribution in [2.75, 3.05) is 13.2 Å². The van der Waals surface area contributed by atoms with Crippen molar-refractivity contribution in [3.63, 3.8) is 0 Å². The topological polar surface area (TPSA) is 202 Å². The number of aromatic nitrogens is 2. The van der Waals surface area contributed by atoms with Crippen LogP contribution in [-0.4, -0.2) is 68.8 Å². The number of hydrogen-bond acceptors (Lipinski definition) is 11. The van der Waals surface area contributed by atoms with Crippen LogP contribution in [0.5, 0.6) is 11.5 Å². The summed E-state index contributed by atoms with van der Waals surface area (Å²) < 4.78 is 41.0. The zero-order chi connectivity index (χ0) is 28.0. The van der Waals surface area contributed by atoms with Gasteiger partial charge in [0.15, 0.2) is 23.7 Å². The Morgan fingerprint density at radius 2 is 2.00 bits per heavy atom. The van der Waals surface area contributed by atoms with E-state index in [9.17, 15) is 29.2 Å². The number of para-hydroxylation sites is 2. The number of aromatic amines is 1. The van der Waals surface area contributed by atoms with Gasteiger partial charge in [0, 0.05) is 12.3 Å². The van der Waals surface area contributed by atoms with E-state index in [1.807, 2.05) is 4.98 Å². The lowest BCUT2D eigenvalue weighted by atomic mass is 9.98. The number of alkyl halides is 1. The Morgan fingerprint density at radius 3 is 2.66 bits per heavy atom. The van der Waals surface area contributed by atoms with Gasteiger partial charge in [0.2, 0.25) is 5.75 Å². The molecule has 3 N–H and O–H groups in total. The molecule has 2 aromatic rings. The van der Waals surface area contributed by atoms with E-state index in [2.05, 4.69) is 4.74 Å². The van der Waals surface area contributed by atoms with Crippen molar-refractivity contribution in [1.82, 2.24) is 9.55 Å². The molecule has 0 spiro atoms. The van der Waals surface area contributed by atoms with E-state index in [0.29, 0.717) is 0 Å². The lowest BCUT2D eigenvalue weighted by Crippen LogP contribution is -2.43. The number of benzene rings is 1. The van der Waals surface area contributed by atoms with Crippen LogP contribution in [0.15, 0.2) is 50.9 Å². The molecule has 6 atom stereocenters. The Bertz CT molecular complexity index is 1310. The second-order valence-electron chi connectivity index (χ2n) is 8.33. The third-order valence-corrected chi connectivity index (χ3v) is 6.31. The number of H-pyrrole nitrogens is 1. The van der Waals surface area contributed by atoms with Gasteiger partial charge >= 0.3 is 25.8 Å². The van der Waals surface area contributed by atoms with Crippen molar-refractivity contribution in [3.8, 4) is 11.5 Å². The molecular weight excluding hydrogens is 532 g/mol. The van der Waals surface area contributed by atoms with Crippen LogP contribution in [-0.2, 0) is 19.1 Å². The second kappa shape index (κ2) is 12.3. The number of aliphatic hydroxyl groups excluding tert-OH is 1. The molecule has 0 bridgehead atoms. The first-order valence-electron chi connectivity index (χ1n) is 11.2. The maximum atomic E-state index is 15.3. The summed E-state index contributed by atoms with van der Waals surface area (Å²) in [5, 5.41) is 19.1. The average molecular weight is 557 g/mol. The van der Waals surface area contributed by atoms with E-state index in [1.54, 1.807) is 6.07 Å². The van der Waals surface area contributed by atoms with Crippen LogP contribution in [0, 0.1) is 0 Å². The number of rotatable bonds is 11. The summed E-state index contributed by atoms with van der Waals surface area (Å²) in [6.07, 6.45) is -3.88. The number of aliphatic hydroxyl groups is 1. The van der Waals surface area contributed by atoms with Gasteiger partial charge < -0.3 is 29.3 Å². The molecule has 0 saturated carbocycles. The minimum atomic E-state index is -2.79. The highest BCUT2D eigenvalue weighted by Crippen LogP contribution is 2.41. The number of nitrogens with zero attached hydrogens (tertiary/aromatic N) is 2. The van der Waals surface area contributed by atoms with Crippen LogP contribution >= 0.6 is 8.17 Å². The Hall–Kier alpha value is -3.65. The normalized spacial score (nSPS) is 24.0. The molecule has 16 heteroatoms. The maximum absolute atomic E-state index is 15.3. The van der Waals surface area contributed by atoms with Gasteiger partial charge in [-0.15, -0.1) is 0 Å². The number of halogens is 1. The lowest BCUT2D eigenvalue weighted by molar-refractivity contribution is -0.170. The Kier molecular flexibility index (Phi) is 9.33. The first-order chi connectivity index (χ1) is 17.9. The molecule has 1 aliphatic rings. The second-order valence-corrected chi connectivity index (χ2v) is 9.22. The molecule has 38 heavy (non-hydrogen) atoms. The van der Waals surface area contributed by atoms with Crippen LogP contribution in [0.3, 0.4) is 0 Å². The summed E-state index contributed by atoms with van der Waals surface area (Å²) in [7, 11) is -2.79. The Morgan fingerprint density at radius 1 is 1.32 bits per heavy atom. The number of hydrogen-bond donors (Lipinski definition) is 3. The largest absolute Gasteiger partial charge is 0.575 e. The molecule has 0 amide bonds. The van der Waals surface area contributed by atoms with Crippen molar-refractivity contribution in [2.45, 2.75) is 50.4 Å². The molecule has 1 saturated heterocycles. The van der Waals surface area contributed by atoms with E-state index < -0.39 is 74.5 Å². The molecular formula is C22H25FN3O11P. The van der Waals surface area contributed by atoms with Crippen molar-refractivity contribution >= 4 is 20.1 Å². The summed E-state index contributed by atoms with van der Waals surface area (Å²) in [6, 6.07) is 5.71. The van der Waals surface area contributed by atoms with E-state index in [4.69, 9.17) is 23.8 Å². The highest BCUT2D eigenvalue weighted by atomic mass is 31.1. The minimum absolute atomic E-state index is 0.0313. The zero-order valence-corrected chi connectivity index (χ0v) is 21.1. The summed E-state index contributed by atoms with van der Waals surface area (Å²) in [4.78, 5) is 60.1. The zero-order valence-electron chi connectivity index (χ0n) is 20.2. The van der Waals surface area contributed by atoms with Gasteiger partial charge in [-0.2, -0.15) is 0 Å². The van der Waals surface area contributed by atoms with Crippen LogP contribution in [0.4, 0.5) is 4.39 Å². The number of carbonyl (C=O) groups excluding carboxylic acids is 1. The molecule has 1 aromatic carbocycles. The van der Waals surface area contributed by atoms with Crippen molar-refractivity contribution in [3.05, 3.63) is 57.4 Å². The fourth-order valence-electron chi connectivity index (χ4n) is 3.44. The number of aliphatic carboxylic acids is 1. The lowest BCUT2D eigenvalue weighted by Gasteiger charge is -2.24. The SMILES string of the molecule is C[C@H](N=[P+]([O-])Oc1ccccc1OC[C@H]1O[C@@H](n2ccc(=O)[nH]c2=O)[C@](C)(F)[C@@H]1O)C(=O)OCCC(=O)O.